The standard InChI is InChI=1S/C21H34O2/c1-14(22)23-18-13-20(2)11-6-8-17(20)16-10-9-15-7-4-5-12-21(15,3)19(16)18/h15-19H,4-13H2,1-3H3/t15-,16+,17+,18-,19-,20+,21+/m1/s1. The molecule has 7 atom stereocenters. The summed E-state index contributed by atoms with van der Waals surface area (Å²) in [5, 5.41) is 0. The van der Waals surface area contributed by atoms with Crippen molar-refractivity contribution in [3.63, 3.8) is 0 Å². The summed E-state index contributed by atoms with van der Waals surface area (Å²) in [4.78, 5) is 11.8. The fourth-order valence-electron chi connectivity index (χ4n) is 7.72. The van der Waals surface area contributed by atoms with Crippen molar-refractivity contribution in [1.29, 1.82) is 0 Å². The molecule has 0 amide bonds. The molecule has 0 aromatic heterocycles. The van der Waals surface area contributed by atoms with E-state index in [4.69, 9.17) is 4.74 Å². The molecule has 2 heteroatoms. The normalized spacial score (nSPS) is 52.2. The second kappa shape index (κ2) is 5.49. The molecule has 4 aliphatic carbocycles. The third-order valence-corrected chi connectivity index (χ3v) is 8.58. The Balaban J connectivity index is 1.71. The number of rotatable bonds is 1. The SMILES string of the molecule is CC(=O)O[C@@H]1C[C@]2(C)CCC[C@H]2[C@@H]2CC[C@H]3CCCC[C@]3(C)[C@H]21. The summed E-state index contributed by atoms with van der Waals surface area (Å²) in [5.41, 5.74) is 0.852. The summed E-state index contributed by atoms with van der Waals surface area (Å²) in [7, 11) is 0. The van der Waals surface area contributed by atoms with Crippen LogP contribution in [-0.4, -0.2) is 12.1 Å². The molecule has 0 aromatic rings. The van der Waals surface area contributed by atoms with E-state index in [0.29, 0.717) is 16.7 Å². The van der Waals surface area contributed by atoms with Crippen LogP contribution in [0.15, 0.2) is 0 Å². The lowest BCUT2D eigenvalue weighted by Crippen LogP contribution is -2.58. The van der Waals surface area contributed by atoms with Crippen molar-refractivity contribution in [2.45, 2.75) is 91.1 Å². The predicted molar refractivity (Wildman–Crippen MR) is 91.9 cm³/mol. The van der Waals surface area contributed by atoms with Gasteiger partial charge in [-0.3, -0.25) is 4.79 Å². The van der Waals surface area contributed by atoms with Gasteiger partial charge in [0, 0.05) is 12.8 Å². The monoisotopic (exact) mass is 318 g/mol. The van der Waals surface area contributed by atoms with Crippen LogP contribution in [0.5, 0.6) is 0 Å². The fraction of sp³-hybridized carbons (Fsp3) is 0.952. The molecule has 4 aliphatic rings. The van der Waals surface area contributed by atoms with Crippen LogP contribution >= 0.6 is 0 Å². The van der Waals surface area contributed by atoms with Gasteiger partial charge in [-0.25, -0.2) is 0 Å². The second-order valence-corrected chi connectivity index (χ2v) is 9.72. The molecule has 0 spiro atoms. The Labute approximate surface area is 141 Å². The smallest absolute Gasteiger partial charge is 0.302 e. The average Bonchev–Trinajstić information content (AvgIpc) is 2.86. The molecule has 0 unspecified atom stereocenters. The third kappa shape index (κ3) is 2.38. The quantitative estimate of drug-likeness (QED) is 0.609. The second-order valence-electron chi connectivity index (χ2n) is 9.72. The zero-order valence-electron chi connectivity index (χ0n) is 15.3. The molecule has 0 N–H and O–H groups in total. The maximum atomic E-state index is 11.8. The first-order valence-electron chi connectivity index (χ1n) is 10.1. The molecule has 0 aliphatic heterocycles. The molecule has 130 valence electrons. The lowest BCUT2D eigenvalue weighted by Gasteiger charge is -2.61. The van der Waals surface area contributed by atoms with Gasteiger partial charge in [-0.1, -0.05) is 33.1 Å². The first kappa shape index (κ1) is 16.0. The first-order valence-corrected chi connectivity index (χ1v) is 10.1. The minimum atomic E-state index is -0.0599. The van der Waals surface area contributed by atoms with E-state index in [0.717, 1.165) is 24.2 Å². The lowest BCUT2D eigenvalue weighted by atomic mass is 9.44. The Bertz CT molecular complexity index is 486. The molecular formula is C21H34O2. The van der Waals surface area contributed by atoms with Gasteiger partial charge in [0.2, 0.25) is 0 Å². The minimum absolute atomic E-state index is 0.0599. The average molecular weight is 319 g/mol. The fourth-order valence-corrected chi connectivity index (χ4v) is 7.72. The van der Waals surface area contributed by atoms with Crippen LogP contribution < -0.4 is 0 Å². The number of hydrogen-bond donors (Lipinski definition) is 0. The summed E-state index contributed by atoms with van der Waals surface area (Å²) in [6, 6.07) is 0. The summed E-state index contributed by atoms with van der Waals surface area (Å²) in [6.07, 6.45) is 13.8. The highest BCUT2D eigenvalue weighted by molar-refractivity contribution is 5.66. The van der Waals surface area contributed by atoms with Gasteiger partial charge in [0.05, 0.1) is 0 Å². The lowest BCUT2D eigenvalue weighted by molar-refractivity contribution is -0.189. The van der Waals surface area contributed by atoms with E-state index in [1.807, 2.05) is 0 Å². The minimum Gasteiger partial charge on any atom is -0.462 e. The van der Waals surface area contributed by atoms with Crippen LogP contribution in [0.3, 0.4) is 0 Å². The molecule has 0 saturated heterocycles. The third-order valence-electron chi connectivity index (χ3n) is 8.58. The number of fused-ring (bicyclic) bond motifs is 5. The van der Waals surface area contributed by atoms with E-state index in [9.17, 15) is 4.79 Å². The van der Waals surface area contributed by atoms with Crippen molar-refractivity contribution in [1.82, 2.24) is 0 Å². The van der Waals surface area contributed by atoms with Crippen LogP contribution in [0, 0.1) is 34.5 Å². The molecule has 4 saturated carbocycles. The maximum absolute atomic E-state index is 11.8. The van der Waals surface area contributed by atoms with Crippen LogP contribution in [-0.2, 0) is 9.53 Å². The van der Waals surface area contributed by atoms with Crippen LogP contribution in [0.4, 0.5) is 0 Å². The Hall–Kier alpha value is -0.530. The van der Waals surface area contributed by atoms with E-state index in [1.54, 1.807) is 6.92 Å². The number of carbonyl (C=O) groups excluding carboxylic acids is 1. The van der Waals surface area contributed by atoms with Crippen LogP contribution in [0.2, 0.25) is 0 Å². The van der Waals surface area contributed by atoms with Gasteiger partial charge >= 0.3 is 5.97 Å². The van der Waals surface area contributed by atoms with Gasteiger partial charge < -0.3 is 4.74 Å². The molecule has 4 fully saturated rings. The molecular weight excluding hydrogens is 284 g/mol. The van der Waals surface area contributed by atoms with E-state index < -0.39 is 0 Å². The highest BCUT2D eigenvalue weighted by Crippen LogP contribution is 2.66. The van der Waals surface area contributed by atoms with Crippen molar-refractivity contribution >= 4 is 5.97 Å². The van der Waals surface area contributed by atoms with Gasteiger partial charge in [-0.05, 0) is 73.5 Å². The molecule has 23 heavy (non-hydrogen) atoms. The topological polar surface area (TPSA) is 26.3 Å². The molecule has 2 nitrogen and oxygen atoms in total. The highest BCUT2D eigenvalue weighted by Gasteiger charge is 2.61. The number of ether oxygens (including phenoxy) is 1. The molecule has 0 aromatic carbocycles. The molecule has 4 rings (SSSR count). The van der Waals surface area contributed by atoms with Gasteiger partial charge in [0.25, 0.3) is 0 Å². The van der Waals surface area contributed by atoms with Gasteiger partial charge in [-0.2, -0.15) is 0 Å². The number of hydrogen-bond acceptors (Lipinski definition) is 2. The maximum Gasteiger partial charge on any atom is 0.302 e. The number of esters is 1. The van der Waals surface area contributed by atoms with E-state index in [1.165, 1.54) is 57.8 Å². The summed E-state index contributed by atoms with van der Waals surface area (Å²) in [6.45, 7) is 6.66. The zero-order chi connectivity index (χ0) is 16.2. The van der Waals surface area contributed by atoms with Gasteiger partial charge in [-0.15, -0.1) is 0 Å². The molecule has 0 bridgehead atoms. The summed E-state index contributed by atoms with van der Waals surface area (Å²) < 4.78 is 6.01. The Morgan fingerprint density at radius 1 is 1.00 bits per heavy atom. The molecule has 0 heterocycles. The Morgan fingerprint density at radius 2 is 1.83 bits per heavy atom. The van der Waals surface area contributed by atoms with E-state index in [2.05, 4.69) is 13.8 Å². The van der Waals surface area contributed by atoms with Crippen LogP contribution in [0.1, 0.15) is 85.0 Å². The summed E-state index contributed by atoms with van der Waals surface area (Å²) in [5.74, 6) is 3.14. The van der Waals surface area contributed by atoms with E-state index >= 15 is 0 Å². The zero-order valence-corrected chi connectivity index (χ0v) is 15.3. The van der Waals surface area contributed by atoms with Crippen molar-refractivity contribution in [2.75, 3.05) is 0 Å². The number of carbonyl (C=O) groups is 1. The van der Waals surface area contributed by atoms with Crippen LogP contribution in [0.25, 0.3) is 0 Å². The largest absolute Gasteiger partial charge is 0.462 e. The summed E-state index contributed by atoms with van der Waals surface area (Å²) >= 11 is 0. The predicted octanol–water partition coefficient (Wildman–Crippen LogP) is 5.35. The Kier molecular flexibility index (Phi) is 3.81. The first-order chi connectivity index (χ1) is 10.9. The Morgan fingerprint density at radius 3 is 2.61 bits per heavy atom. The van der Waals surface area contributed by atoms with Crippen molar-refractivity contribution in [2.24, 2.45) is 34.5 Å². The van der Waals surface area contributed by atoms with Gasteiger partial charge in [0.15, 0.2) is 0 Å². The van der Waals surface area contributed by atoms with E-state index in [-0.39, 0.29) is 12.1 Å². The van der Waals surface area contributed by atoms with Gasteiger partial charge in [0.1, 0.15) is 6.10 Å². The van der Waals surface area contributed by atoms with Crippen molar-refractivity contribution in [3.8, 4) is 0 Å². The van der Waals surface area contributed by atoms with Crippen molar-refractivity contribution < 1.29 is 9.53 Å². The highest BCUT2D eigenvalue weighted by atomic mass is 16.5. The van der Waals surface area contributed by atoms with Crippen molar-refractivity contribution in [3.05, 3.63) is 0 Å². The molecule has 0 radical (unpaired) electrons.